The average molecular weight is 1260 g/mol. The number of unbranched alkanes of at least 4 members (excludes halogenated alkanes) is 6. The van der Waals surface area contributed by atoms with Crippen LogP contribution in [0.2, 0.25) is 0 Å². The van der Waals surface area contributed by atoms with Crippen LogP contribution in [0.3, 0.4) is 0 Å². The third-order valence-corrected chi connectivity index (χ3v) is 14.8. The Bertz CT molecular complexity index is 2910. The Kier molecular flexibility index (Phi) is 29.5. The summed E-state index contributed by atoms with van der Waals surface area (Å²) in [5, 5.41) is 11.4. The maximum atomic E-state index is 13.3. The maximum absolute atomic E-state index is 13.3. The van der Waals surface area contributed by atoms with Crippen LogP contribution in [0.15, 0.2) is 72.8 Å². The van der Waals surface area contributed by atoms with Crippen LogP contribution in [0.1, 0.15) is 218 Å². The second kappa shape index (κ2) is 34.8. The van der Waals surface area contributed by atoms with Gasteiger partial charge in [0, 0.05) is 0 Å². The van der Waals surface area contributed by atoms with Crippen molar-refractivity contribution < 1.29 is 85.8 Å². The lowest BCUT2D eigenvalue weighted by Gasteiger charge is -2.33. The molecule has 3 rings (SSSR count). The minimum Gasteiger partial charge on any atom is -0.465 e. The van der Waals surface area contributed by atoms with Crippen molar-refractivity contribution in [2.45, 2.75) is 208 Å². The van der Waals surface area contributed by atoms with E-state index in [0.717, 1.165) is 38.5 Å². The quantitative estimate of drug-likeness (QED) is 0.0182. The molecule has 0 radical (unpaired) electrons. The third kappa shape index (κ3) is 24.7. The first-order valence-electron chi connectivity index (χ1n) is 31.0. The summed E-state index contributed by atoms with van der Waals surface area (Å²) in [6, 6.07) is 20.6. The number of alkyl carbamates (subject to hydrolysis) is 2. The van der Waals surface area contributed by atoms with Gasteiger partial charge < -0.3 is 59.2 Å². The molecule has 0 aliphatic rings. The molecule has 90 heavy (non-hydrogen) atoms. The summed E-state index contributed by atoms with van der Waals surface area (Å²) in [7, 11) is 0. The topological polar surface area (TPSA) is 293 Å². The number of amides is 4. The van der Waals surface area contributed by atoms with Crippen LogP contribution >= 0.6 is 0 Å². The van der Waals surface area contributed by atoms with Crippen molar-refractivity contribution in [1.29, 1.82) is 0 Å². The number of benzene rings is 3. The van der Waals surface area contributed by atoms with Crippen LogP contribution in [0.25, 0.3) is 0 Å². The van der Waals surface area contributed by atoms with Gasteiger partial charge in [0.05, 0.1) is 72.9 Å². The van der Waals surface area contributed by atoms with E-state index in [2.05, 4.69) is 21.3 Å². The third-order valence-electron chi connectivity index (χ3n) is 14.8. The number of nitrogens with one attached hydrogen (secondary N) is 4. The normalized spacial score (nSPS) is 12.0. The van der Waals surface area contributed by atoms with Crippen molar-refractivity contribution >= 4 is 59.8 Å². The summed E-state index contributed by atoms with van der Waals surface area (Å²) in [4.78, 5) is 129. The van der Waals surface area contributed by atoms with E-state index in [0.29, 0.717) is 47.9 Å². The van der Waals surface area contributed by atoms with Crippen LogP contribution in [0, 0.1) is 11.8 Å². The average Bonchev–Trinajstić information content (AvgIpc) is 0.876. The van der Waals surface area contributed by atoms with Gasteiger partial charge in [-0.3, -0.25) is 28.8 Å². The van der Waals surface area contributed by atoms with Gasteiger partial charge in [-0.25, -0.2) is 19.2 Å². The molecule has 4 N–H and O–H groups in total. The summed E-state index contributed by atoms with van der Waals surface area (Å²) in [5.74, 6) is -10.5. The van der Waals surface area contributed by atoms with Crippen molar-refractivity contribution in [3.63, 3.8) is 0 Å². The Hall–Kier alpha value is -8.04. The number of rotatable bonds is 36. The Morgan fingerprint density at radius 1 is 0.356 bits per heavy atom. The zero-order valence-corrected chi connectivity index (χ0v) is 55.7. The fraction of sp³-hybridized carbons (Fsp3) is 0.588. The van der Waals surface area contributed by atoms with E-state index in [9.17, 15) is 47.9 Å². The number of hydrogen-bond acceptors (Lipinski definition) is 18. The molecule has 0 bridgehead atoms. The minimum absolute atomic E-state index is 0.0222. The molecule has 0 saturated carbocycles. The summed E-state index contributed by atoms with van der Waals surface area (Å²) in [6.45, 7) is 28.0. The molecule has 0 spiro atoms. The van der Waals surface area contributed by atoms with E-state index in [-0.39, 0.29) is 50.8 Å². The highest BCUT2D eigenvalue weighted by Crippen LogP contribution is 2.31. The van der Waals surface area contributed by atoms with E-state index in [4.69, 9.17) is 37.9 Å². The van der Waals surface area contributed by atoms with Gasteiger partial charge in [-0.15, -0.1) is 0 Å². The van der Waals surface area contributed by atoms with E-state index in [1.54, 1.807) is 97.9 Å². The summed E-state index contributed by atoms with van der Waals surface area (Å²) in [5.41, 5.74) is -2.40. The van der Waals surface area contributed by atoms with Gasteiger partial charge in [0.25, 0.3) is 0 Å². The molecule has 0 saturated heterocycles. The molecule has 0 aliphatic heterocycles. The maximum Gasteiger partial charge on any atom is 0.408 e. The van der Waals surface area contributed by atoms with Gasteiger partial charge in [-0.2, -0.15) is 0 Å². The van der Waals surface area contributed by atoms with Crippen molar-refractivity contribution in [2.24, 2.45) is 11.8 Å². The SMILES string of the molecule is CCOC(=O)C(C(=O)NC(C)(C)c1cccc(C(C)(C)NC(=O)OCCCCCCC(C)(C)OC(=O)c2cccc(C(=O)OCCCCCCC(C)(C)OC(=O)NC(C)(C)c3cccc(C(C)(C)NC(=O)C(C(=O)OCC)C(=O)OCC)c3)c2)c1)C(=O)OCC. The molecular weight excluding hydrogens is 1160 g/mol. The first kappa shape index (κ1) is 76.2. The summed E-state index contributed by atoms with van der Waals surface area (Å²) in [6.07, 6.45) is 5.68. The summed E-state index contributed by atoms with van der Waals surface area (Å²) < 4.78 is 42.7. The van der Waals surface area contributed by atoms with Crippen LogP contribution < -0.4 is 21.3 Å². The number of carbonyl (C=O) groups is 10. The van der Waals surface area contributed by atoms with E-state index in [1.807, 2.05) is 79.7 Å². The molecule has 0 aromatic heterocycles. The Labute approximate surface area is 531 Å². The fourth-order valence-electron chi connectivity index (χ4n) is 9.60. The first-order valence-corrected chi connectivity index (χ1v) is 31.0. The molecule has 0 fully saturated rings. The first-order chi connectivity index (χ1) is 42.0. The van der Waals surface area contributed by atoms with Gasteiger partial charge in [-0.05, 0) is 190 Å². The lowest BCUT2D eigenvalue weighted by atomic mass is 9.87. The van der Waals surface area contributed by atoms with Gasteiger partial charge in [0.1, 0.15) is 11.2 Å². The monoisotopic (exact) mass is 1260 g/mol. The molecule has 22 nitrogen and oxygen atoms in total. The predicted octanol–water partition coefficient (Wildman–Crippen LogP) is 11.0. The molecule has 22 heteroatoms. The van der Waals surface area contributed by atoms with Gasteiger partial charge in [0.2, 0.25) is 23.7 Å². The standard InChI is InChI=1S/C68H98N4O18/c1-17-83-57(77)51(58(78)84-18-2)53(73)69-65(9,10)47-34-30-36-49(43-47)67(13,14)71-61(81)88-41-28-24-22-25-38-63(5,6)89-56(76)46-33-29-32-45(42-46)55(75)87-40-27-23-21-26-39-64(7,8)90-62(82)72-68(15,16)50-37-31-35-48(44-50)66(11,12)70-54(74)52(59(79)85-19-3)60(80)86-20-4/h29-37,42-44,51-52H,17-28,38-41H2,1-16H3,(H,69,73)(H,70,74)(H,71,81)(H,72,82). The Morgan fingerprint density at radius 3 is 1.07 bits per heavy atom. The second-order valence-electron chi connectivity index (χ2n) is 25.2. The van der Waals surface area contributed by atoms with Crippen molar-refractivity contribution in [3.05, 3.63) is 106 Å². The van der Waals surface area contributed by atoms with E-state index < -0.39 is 105 Å². The number of esters is 6. The zero-order valence-electron chi connectivity index (χ0n) is 55.7. The van der Waals surface area contributed by atoms with Crippen molar-refractivity contribution in [3.8, 4) is 0 Å². The molecule has 0 aliphatic carbocycles. The summed E-state index contributed by atoms with van der Waals surface area (Å²) >= 11 is 0. The molecule has 0 heterocycles. The fourth-order valence-corrected chi connectivity index (χ4v) is 9.60. The Morgan fingerprint density at radius 2 is 0.678 bits per heavy atom. The molecule has 4 amide bonds. The number of hydrogen-bond donors (Lipinski definition) is 4. The molecule has 0 unspecified atom stereocenters. The van der Waals surface area contributed by atoms with Gasteiger partial charge in [-0.1, -0.05) is 80.3 Å². The van der Waals surface area contributed by atoms with Crippen molar-refractivity contribution in [2.75, 3.05) is 39.6 Å². The Balaban J connectivity index is 1.38. The smallest absolute Gasteiger partial charge is 0.408 e. The van der Waals surface area contributed by atoms with E-state index in [1.165, 1.54) is 6.07 Å². The number of carbonyl (C=O) groups excluding carboxylic acids is 10. The van der Waals surface area contributed by atoms with Gasteiger partial charge >= 0.3 is 48.0 Å². The van der Waals surface area contributed by atoms with Crippen LogP contribution in [0.4, 0.5) is 9.59 Å². The highest BCUT2D eigenvalue weighted by atomic mass is 16.6. The lowest BCUT2D eigenvalue weighted by Crippen LogP contribution is -2.49. The molecule has 3 aromatic carbocycles. The predicted molar refractivity (Wildman–Crippen MR) is 335 cm³/mol. The van der Waals surface area contributed by atoms with Gasteiger partial charge in [0.15, 0.2) is 0 Å². The minimum atomic E-state index is -1.80. The zero-order chi connectivity index (χ0) is 67.7. The number of ether oxygens (including phenoxy) is 8. The highest BCUT2D eigenvalue weighted by molar-refractivity contribution is 6.15. The highest BCUT2D eigenvalue weighted by Gasteiger charge is 2.42. The van der Waals surface area contributed by atoms with Crippen LogP contribution in [-0.4, -0.2) is 111 Å². The lowest BCUT2D eigenvalue weighted by molar-refractivity contribution is -0.167. The second-order valence-corrected chi connectivity index (χ2v) is 25.2. The molecule has 0 atom stereocenters. The van der Waals surface area contributed by atoms with Crippen LogP contribution in [0.5, 0.6) is 0 Å². The molecule has 498 valence electrons. The van der Waals surface area contributed by atoms with Crippen LogP contribution in [-0.2, 0) is 88.8 Å². The molecule has 3 aromatic rings. The molecular formula is C68H98N4O18. The van der Waals surface area contributed by atoms with Crippen molar-refractivity contribution in [1.82, 2.24) is 21.3 Å². The van der Waals surface area contributed by atoms with E-state index >= 15 is 0 Å². The largest absolute Gasteiger partial charge is 0.465 e.